The highest BCUT2D eigenvalue weighted by Gasteiger charge is 2.30. The van der Waals surface area contributed by atoms with Gasteiger partial charge in [-0.25, -0.2) is 9.37 Å². The van der Waals surface area contributed by atoms with E-state index < -0.39 is 0 Å². The number of carbonyl (C=O) groups is 1. The van der Waals surface area contributed by atoms with Crippen LogP contribution in [0.2, 0.25) is 0 Å². The fourth-order valence-electron chi connectivity index (χ4n) is 4.30. The number of nitrogens with zero attached hydrogens (tertiary/aromatic N) is 2. The van der Waals surface area contributed by atoms with Crippen LogP contribution in [0.5, 0.6) is 0 Å². The Hall–Kier alpha value is -2.73. The Balaban J connectivity index is 1.42. The van der Waals surface area contributed by atoms with Gasteiger partial charge in [-0.15, -0.1) is 0 Å². The van der Waals surface area contributed by atoms with E-state index in [0.717, 1.165) is 42.3 Å². The van der Waals surface area contributed by atoms with Gasteiger partial charge in [0.05, 0.1) is 11.0 Å². The molecule has 6 heteroatoms. The summed E-state index contributed by atoms with van der Waals surface area (Å²) in [7, 11) is 0. The van der Waals surface area contributed by atoms with Crippen molar-refractivity contribution in [3.05, 3.63) is 65.7 Å². The summed E-state index contributed by atoms with van der Waals surface area (Å²) < 4.78 is 13.4. The summed E-state index contributed by atoms with van der Waals surface area (Å²) in [6, 6.07) is 14.9. The molecule has 3 aromatic rings. The zero-order valence-electron chi connectivity index (χ0n) is 16.7. The fourth-order valence-corrected chi connectivity index (χ4v) is 4.30. The number of amides is 1. The Bertz CT molecular complexity index is 953. The van der Waals surface area contributed by atoms with Gasteiger partial charge in [-0.2, -0.15) is 0 Å². The lowest BCUT2D eigenvalue weighted by atomic mass is 9.89. The van der Waals surface area contributed by atoms with E-state index in [-0.39, 0.29) is 17.8 Å². The molecule has 0 saturated heterocycles. The van der Waals surface area contributed by atoms with Crippen LogP contribution in [-0.2, 0) is 6.54 Å². The maximum Gasteiger partial charge on any atom is 0.289 e. The summed E-state index contributed by atoms with van der Waals surface area (Å²) in [5.41, 5.74) is 2.63. The molecule has 0 radical (unpaired) electrons. The van der Waals surface area contributed by atoms with E-state index in [9.17, 15) is 9.18 Å². The largest absolute Gasteiger partial charge is 0.334 e. The van der Waals surface area contributed by atoms with E-state index in [0.29, 0.717) is 25.0 Å². The zero-order valence-corrected chi connectivity index (χ0v) is 16.7. The summed E-state index contributed by atoms with van der Waals surface area (Å²) in [6.45, 7) is 3.31. The summed E-state index contributed by atoms with van der Waals surface area (Å²) in [4.78, 5) is 22.7. The van der Waals surface area contributed by atoms with Crippen LogP contribution in [0.15, 0.2) is 48.5 Å². The van der Waals surface area contributed by atoms with Crippen LogP contribution in [0, 0.1) is 5.82 Å². The summed E-state index contributed by atoms with van der Waals surface area (Å²) in [5.74, 6) is 0.154. The minimum Gasteiger partial charge on any atom is -0.334 e. The second-order valence-corrected chi connectivity index (χ2v) is 7.72. The average Bonchev–Trinajstić information content (AvgIpc) is 3.17. The van der Waals surface area contributed by atoms with Gasteiger partial charge < -0.3 is 15.2 Å². The maximum absolute atomic E-state index is 13.4. The van der Waals surface area contributed by atoms with Crippen LogP contribution in [0.3, 0.4) is 0 Å². The summed E-state index contributed by atoms with van der Waals surface area (Å²) >= 11 is 0. The highest BCUT2D eigenvalue weighted by molar-refractivity contribution is 5.94. The van der Waals surface area contributed by atoms with Crippen LogP contribution in [0.4, 0.5) is 4.39 Å². The van der Waals surface area contributed by atoms with Gasteiger partial charge in [-0.1, -0.05) is 24.3 Å². The number of benzene rings is 2. The number of hydrogen-bond acceptors (Lipinski definition) is 3. The molecule has 1 aliphatic carbocycles. The second kappa shape index (κ2) is 8.74. The van der Waals surface area contributed by atoms with Crippen molar-refractivity contribution >= 4 is 16.9 Å². The second-order valence-electron chi connectivity index (χ2n) is 7.72. The number of aromatic nitrogens is 2. The van der Waals surface area contributed by atoms with E-state index in [1.165, 1.54) is 6.07 Å². The Kier molecular flexibility index (Phi) is 5.90. The molecule has 0 bridgehead atoms. The lowest BCUT2D eigenvalue weighted by molar-refractivity contribution is 0.0617. The molecule has 2 atom stereocenters. The molecule has 1 aromatic heterocycles. The first-order valence-electron chi connectivity index (χ1n) is 10.4. The van der Waals surface area contributed by atoms with E-state index >= 15 is 0 Å². The first-order valence-corrected chi connectivity index (χ1v) is 10.4. The molecule has 2 N–H and O–H groups in total. The van der Waals surface area contributed by atoms with Gasteiger partial charge in [0.2, 0.25) is 0 Å². The third-order valence-corrected chi connectivity index (χ3v) is 5.76. The van der Waals surface area contributed by atoms with Crippen molar-refractivity contribution in [1.29, 1.82) is 0 Å². The maximum atomic E-state index is 13.4. The number of nitrogens with one attached hydrogen (secondary N) is 2. The van der Waals surface area contributed by atoms with Gasteiger partial charge in [-0.3, -0.25) is 4.79 Å². The number of aromatic amines is 1. The minimum absolute atomic E-state index is 0.0421. The SMILES string of the molecule is CCN(C(=O)c1nc2ccccc2[nH]1)[C@H]1CCC[C@@H](NCc2cccc(F)c2)C1. The van der Waals surface area contributed by atoms with Gasteiger partial charge in [0.1, 0.15) is 5.82 Å². The molecule has 1 amide bonds. The number of rotatable bonds is 6. The van der Waals surface area contributed by atoms with Gasteiger partial charge >= 0.3 is 0 Å². The third-order valence-electron chi connectivity index (χ3n) is 5.76. The molecule has 1 fully saturated rings. The minimum atomic E-state index is -0.209. The molecule has 0 spiro atoms. The zero-order chi connectivity index (χ0) is 20.2. The van der Waals surface area contributed by atoms with Crippen molar-refractivity contribution in [1.82, 2.24) is 20.2 Å². The van der Waals surface area contributed by atoms with Crippen molar-refractivity contribution in [2.75, 3.05) is 6.54 Å². The summed E-state index contributed by atoms with van der Waals surface area (Å²) in [6.07, 6.45) is 4.03. The predicted octanol–water partition coefficient (Wildman–Crippen LogP) is 4.27. The number of para-hydroxylation sites is 2. The molecule has 1 heterocycles. The average molecular weight is 394 g/mol. The van der Waals surface area contributed by atoms with E-state index in [1.807, 2.05) is 42.2 Å². The normalized spacial score (nSPS) is 19.4. The molecule has 0 unspecified atom stereocenters. The van der Waals surface area contributed by atoms with Crippen LogP contribution in [0.1, 0.15) is 48.8 Å². The molecule has 5 nitrogen and oxygen atoms in total. The van der Waals surface area contributed by atoms with Crippen LogP contribution in [-0.4, -0.2) is 39.4 Å². The number of halogens is 1. The molecule has 0 aliphatic heterocycles. The smallest absolute Gasteiger partial charge is 0.289 e. The quantitative estimate of drug-likeness (QED) is 0.657. The predicted molar refractivity (Wildman–Crippen MR) is 112 cm³/mol. The lowest BCUT2D eigenvalue weighted by Gasteiger charge is -2.37. The van der Waals surface area contributed by atoms with Crippen molar-refractivity contribution in [3.63, 3.8) is 0 Å². The molecule has 4 rings (SSSR count). The molecule has 152 valence electrons. The van der Waals surface area contributed by atoms with Gasteiger partial charge in [0.15, 0.2) is 5.82 Å². The van der Waals surface area contributed by atoms with Gasteiger partial charge in [0.25, 0.3) is 5.91 Å². The number of fused-ring (bicyclic) bond motifs is 1. The monoisotopic (exact) mass is 394 g/mol. The number of hydrogen-bond donors (Lipinski definition) is 2. The van der Waals surface area contributed by atoms with Crippen LogP contribution < -0.4 is 5.32 Å². The van der Waals surface area contributed by atoms with Gasteiger partial charge in [0, 0.05) is 25.2 Å². The number of H-pyrrole nitrogens is 1. The van der Waals surface area contributed by atoms with Crippen molar-refractivity contribution in [3.8, 4) is 0 Å². The van der Waals surface area contributed by atoms with Gasteiger partial charge in [-0.05, 0) is 62.4 Å². The Morgan fingerprint density at radius 3 is 2.90 bits per heavy atom. The molecule has 29 heavy (non-hydrogen) atoms. The first-order chi connectivity index (χ1) is 14.1. The topological polar surface area (TPSA) is 61.0 Å². The van der Waals surface area contributed by atoms with Crippen molar-refractivity contribution in [2.45, 2.75) is 51.2 Å². The van der Waals surface area contributed by atoms with Crippen molar-refractivity contribution in [2.24, 2.45) is 0 Å². The Labute approximate surface area is 170 Å². The van der Waals surface area contributed by atoms with E-state index in [2.05, 4.69) is 15.3 Å². The first kappa shape index (κ1) is 19.6. The molecular weight excluding hydrogens is 367 g/mol. The van der Waals surface area contributed by atoms with Crippen molar-refractivity contribution < 1.29 is 9.18 Å². The van der Waals surface area contributed by atoms with E-state index in [1.54, 1.807) is 12.1 Å². The Morgan fingerprint density at radius 2 is 2.10 bits per heavy atom. The molecular formula is C23H27FN4O. The van der Waals surface area contributed by atoms with Crippen LogP contribution >= 0.6 is 0 Å². The van der Waals surface area contributed by atoms with Crippen LogP contribution in [0.25, 0.3) is 11.0 Å². The standard InChI is InChI=1S/C23H27FN4O/c1-2-28(23(29)22-26-20-11-3-4-12-21(20)27-22)19-10-6-9-18(14-19)25-15-16-7-5-8-17(24)13-16/h3-5,7-8,11-13,18-19,25H,2,6,9-10,14-15H2,1H3,(H,26,27)/t18-,19+/m1/s1. The third kappa shape index (κ3) is 4.48. The fraction of sp³-hybridized carbons (Fsp3) is 0.391. The summed E-state index contributed by atoms with van der Waals surface area (Å²) in [5, 5.41) is 3.55. The molecule has 1 saturated carbocycles. The number of imidazole rings is 1. The number of carbonyl (C=O) groups excluding carboxylic acids is 1. The molecule has 2 aromatic carbocycles. The lowest BCUT2D eigenvalue weighted by Crippen LogP contribution is -2.47. The Morgan fingerprint density at radius 1 is 1.24 bits per heavy atom. The molecule has 1 aliphatic rings. The highest BCUT2D eigenvalue weighted by Crippen LogP contribution is 2.25. The highest BCUT2D eigenvalue weighted by atomic mass is 19.1. The van der Waals surface area contributed by atoms with E-state index in [4.69, 9.17) is 0 Å².